The summed E-state index contributed by atoms with van der Waals surface area (Å²) < 4.78 is 37.9. The number of sulfonamides is 1. The van der Waals surface area contributed by atoms with Gasteiger partial charge in [-0.25, -0.2) is 13.2 Å². The average Bonchev–Trinajstić information content (AvgIpc) is 2.66. The van der Waals surface area contributed by atoms with E-state index in [9.17, 15) is 13.2 Å². The molecule has 0 aliphatic carbocycles. The van der Waals surface area contributed by atoms with Gasteiger partial charge in [-0.1, -0.05) is 19.8 Å². The van der Waals surface area contributed by atoms with Crippen molar-refractivity contribution in [3.8, 4) is 5.75 Å². The van der Waals surface area contributed by atoms with Crippen molar-refractivity contribution in [2.75, 3.05) is 39.4 Å². The highest BCUT2D eigenvalue weighted by atomic mass is 32.2. The molecule has 0 spiro atoms. The minimum absolute atomic E-state index is 0.255. The lowest BCUT2D eigenvalue weighted by Crippen LogP contribution is -2.50. The molecule has 1 fully saturated rings. The molecular weight excluding hydrogens is 368 g/mol. The Labute approximate surface area is 162 Å². The van der Waals surface area contributed by atoms with Gasteiger partial charge in [-0.2, -0.15) is 4.31 Å². The van der Waals surface area contributed by atoms with Crippen molar-refractivity contribution in [3.63, 3.8) is 0 Å². The third-order valence-corrected chi connectivity index (χ3v) is 6.45. The van der Waals surface area contributed by atoms with Gasteiger partial charge < -0.3 is 14.4 Å². The Kier molecular flexibility index (Phi) is 7.91. The van der Waals surface area contributed by atoms with E-state index in [0.29, 0.717) is 26.3 Å². The molecular formula is C19H30N2O5S. The molecule has 1 aromatic rings. The first-order valence-corrected chi connectivity index (χ1v) is 11.0. The molecule has 8 heteroatoms. The second-order valence-electron chi connectivity index (χ2n) is 6.57. The third-order valence-electron chi connectivity index (χ3n) is 4.55. The van der Waals surface area contributed by atoms with Crippen LogP contribution in [0.5, 0.6) is 5.75 Å². The van der Waals surface area contributed by atoms with Gasteiger partial charge in [0.05, 0.1) is 18.1 Å². The number of ether oxygens (including phenoxy) is 2. The Balaban J connectivity index is 2.00. The molecule has 0 saturated carbocycles. The van der Waals surface area contributed by atoms with E-state index in [-0.39, 0.29) is 18.0 Å². The standard InChI is InChI=1S/C19H30N2O5S/c1-4-6-7-14-26-18-9-8-17(15-16(18)3)27(23,24)21-12-10-20(11-13-21)19(22)25-5-2/h8-9,15H,4-7,10-14H2,1-3H3. The second-order valence-corrected chi connectivity index (χ2v) is 8.51. The van der Waals surface area contributed by atoms with Crippen molar-refractivity contribution >= 4 is 16.1 Å². The number of piperazine rings is 1. The van der Waals surface area contributed by atoms with Gasteiger partial charge in [0.1, 0.15) is 5.75 Å². The van der Waals surface area contributed by atoms with E-state index in [0.717, 1.165) is 30.6 Å². The molecule has 0 aromatic heterocycles. The van der Waals surface area contributed by atoms with Gasteiger partial charge in [-0.05, 0) is 44.0 Å². The van der Waals surface area contributed by atoms with Gasteiger partial charge in [-0.3, -0.25) is 0 Å². The third kappa shape index (κ3) is 5.59. The zero-order valence-electron chi connectivity index (χ0n) is 16.4. The molecule has 0 N–H and O–H groups in total. The van der Waals surface area contributed by atoms with Crippen LogP contribution in [0.1, 0.15) is 38.7 Å². The molecule has 0 atom stereocenters. The molecule has 152 valence electrons. The number of rotatable bonds is 8. The molecule has 0 bridgehead atoms. The summed E-state index contributed by atoms with van der Waals surface area (Å²) in [6, 6.07) is 4.97. The van der Waals surface area contributed by atoms with Crippen LogP contribution in [0.3, 0.4) is 0 Å². The van der Waals surface area contributed by atoms with Crippen molar-refractivity contribution in [2.45, 2.75) is 44.9 Å². The normalized spacial score (nSPS) is 15.6. The summed E-state index contributed by atoms with van der Waals surface area (Å²) in [6.07, 6.45) is 2.84. The van der Waals surface area contributed by atoms with Crippen LogP contribution in [0.4, 0.5) is 4.79 Å². The summed E-state index contributed by atoms with van der Waals surface area (Å²) in [5.74, 6) is 0.720. The Morgan fingerprint density at radius 3 is 2.41 bits per heavy atom. The molecule has 1 aromatic carbocycles. The predicted molar refractivity (Wildman–Crippen MR) is 104 cm³/mol. The molecule has 0 unspecified atom stereocenters. The number of unbranched alkanes of at least 4 members (excludes halogenated alkanes) is 2. The van der Waals surface area contributed by atoms with Crippen molar-refractivity contribution in [1.82, 2.24) is 9.21 Å². The van der Waals surface area contributed by atoms with Gasteiger partial charge in [0.2, 0.25) is 10.0 Å². The van der Waals surface area contributed by atoms with E-state index >= 15 is 0 Å². The predicted octanol–water partition coefficient (Wildman–Crippen LogP) is 3.03. The zero-order valence-corrected chi connectivity index (χ0v) is 17.3. The van der Waals surface area contributed by atoms with E-state index in [1.807, 2.05) is 6.92 Å². The van der Waals surface area contributed by atoms with Crippen LogP contribution in [-0.4, -0.2) is 63.1 Å². The number of aryl methyl sites for hydroxylation is 1. The molecule has 27 heavy (non-hydrogen) atoms. The summed E-state index contributed by atoms with van der Waals surface area (Å²) in [5.41, 5.74) is 0.803. The van der Waals surface area contributed by atoms with Crippen LogP contribution in [0.2, 0.25) is 0 Å². The quantitative estimate of drug-likeness (QED) is 0.629. The molecule has 2 rings (SSSR count). The number of hydrogen-bond acceptors (Lipinski definition) is 5. The minimum atomic E-state index is -3.59. The average molecular weight is 399 g/mol. The van der Waals surface area contributed by atoms with Crippen molar-refractivity contribution in [3.05, 3.63) is 23.8 Å². The zero-order chi connectivity index (χ0) is 19.9. The first-order chi connectivity index (χ1) is 12.9. The molecule has 1 amide bonds. The maximum atomic E-state index is 12.9. The molecule has 0 radical (unpaired) electrons. The van der Waals surface area contributed by atoms with E-state index in [4.69, 9.17) is 9.47 Å². The van der Waals surface area contributed by atoms with E-state index in [1.165, 1.54) is 9.21 Å². The fourth-order valence-corrected chi connectivity index (χ4v) is 4.46. The fraction of sp³-hybridized carbons (Fsp3) is 0.632. The number of carbonyl (C=O) groups excluding carboxylic acids is 1. The number of benzene rings is 1. The maximum Gasteiger partial charge on any atom is 0.409 e. The van der Waals surface area contributed by atoms with E-state index in [2.05, 4.69) is 6.92 Å². The van der Waals surface area contributed by atoms with Gasteiger partial charge in [-0.15, -0.1) is 0 Å². The SMILES string of the molecule is CCCCCOc1ccc(S(=O)(=O)N2CCN(C(=O)OCC)CC2)cc1C. The highest BCUT2D eigenvalue weighted by Crippen LogP contribution is 2.25. The van der Waals surface area contributed by atoms with Crippen LogP contribution in [0.25, 0.3) is 0 Å². The lowest BCUT2D eigenvalue weighted by Gasteiger charge is -2.33. The monoisotopic (exact) mass is 398 g/mol. The first-order valence-electron chi connectivity index (χ1n) is 9.55. The highest BCUT2D eigenvalue weighted by molar-refractivity contribution is 7.89. The molecule has 1 heterocycles. The van der Waals surface area contributed by atoms with E-state index < -0.39 is 16.1 Å². The van der Waals surface area contributed by atoms with Crippen LogP contribution in [-0.2, 0) is 14.8 Å². The number of carbonyl (C=O) groups is 1. The number of hydrogen-bond donors (Lipinski definition) is 0. The van der Waals surface area contributed by atoms with Crippen LogP contribution >= 0.6 is 0 Å². The summed E-state index contributed by atoms with van der Waals surface area (Å²) in [4.78, 5) is 13.5. The van der Waals surface area contributed by atoms with Gasteiger partial charge in [0.15, 0.2) is 0 Å². The molecule has 1 aliphatic rings. The second kappa shape index (κ2) is 9.94. The van der Waals surface area contributed by atoms with Gasteiger partial charge in [0, 0.05) is 26.2 Å². The van der Waals surface area contributed by atoms with Crippen molar-refractivity contribution in [1.29, 1.82) is 0 Å². The van der Waals surface area contributed by atoms with Gasteiger partial charge in [0.25, 0.3) is 0 Å². The van der Waals surface area contributed by atoms with Crippen LogP contribution in [0, 0.1) is 6.92 Å². The molecule has 1 saturated heterocycles. The highest BCUT2D eigenvalue weighted by Gasteiger charge is 2.30. The number of nitrogens with zero attached hydrogens (tertiary/aromatic N) is 2. The van der Waals surface area contributed by atoms with Gasteiger partial charge >= 0.3 is 6.09 Å². The van der Waals surface area contributed by atoms with Crippen LogP contribution in [0.15, 0.2) is 23.1 Å². The molecule has 7 nitrogen and oxygen atoms in total. The summed E-state index contributed by atoms with van der Waals surface area (Å²) in [6.45, 7) is 7.86. The van der Waals surface area contributed by atoms with Crippen molar-refractivity contribution < 1.29 is 22.7 Å². The van der Waals surface area contributed by atoms with Crippen molar-refractivity contribution in [2.24, 2.45) is 0 Å². The smallest absolute Gasteiger partial charge is 0.409 e. The Morgan fingerprint density at radius 1 is 1.11 bits per heavy atom. The topological polar surface area (TPSA) is 76.2 Å². The fourth-order valence-electron chi connectivity index (χ4n) is 2.95. The lowest BCUT2D eigenvalue weighted by molar-refractivity contribution is 0.0934. The van der Waals surface area contributed by atoms with Crippen LogP contribution < -0.4 is 4.74 Å². The van der Waals surface area contributed by atoms with E-state index in [1.54, 1.807) is 25.1 Å². The Bertz CT molecular complexity index is 728. The molecule has 1 aliphatic heterocycles. The minimum Gasteiger partial charge on any atom is -0.493 e. The summed E-state index contributed by atoms with van der Waals surface area (Å²) in [5, 5.41) is 0. The summed E-state index contributed by atoms with van der Waals surface area (Å²) in [7, 11) is -3.59. The summed E-state index contributed by atoms with van der Waals surface area (Å²) >= 11 is 0. The Morgan fingerprint density at radius 2 is 1.81 bits per heavy atom. The largest absolute Gasteiger partial charge is 0.493 e. The lowest BCUT2D eigenvalue weighted by atomic mass is 10.2. The first kappa shape index (κ1) is 21.5. The maximum absolute atomic E-state index is 12.9. The Hall–Kier alpha value is -1.80. The number of amides is 1.